The lowest BCUT2D eigenvalue weighted by Crippen LogP contribution is -2.36. The lowest BCUT2D eigenvalue weighted by molar-refractivity contribution is -0.116. The molecule has 0 saturated carbocycles. The lowest BCUT2D eigenvalue weighted by atomic mass is 10.2. The molecule has 8 heteroatoms. The van der Waals surface area contributed by atoms with Crippen LogP contribution in [0.3, 0.4) is 0 Å². The molecule has 0 heterocycles. The molecule has 118 valence electrons. The van der Waals surface area contributed by atoms with Gasteiger partial charge in [0.15, 0.2) is 23.3 Å². The van der Waals surface area contributed by atoms with Crippen molar-refractivity contribution in [1.82, 2.24) is 0 Å². The summed E-state index contributed by atoms with van der Waals surface area (Å²) in [6.07, 6.45) is 0. The molecule has 0 radical (unpaired) electrons. The van der Waals surface area contributed by atoms with Gasteiger partial charge in [-0.15, -0.1) is 0 Å². The predicted molar refractivity (Wildman–Crippen MR) is 72.4 cm³/mol. The summed E-state index contributed by atoms with van der Waals surface area (Å²) < 4.78 is 66.9. The van der Waals surface area contributed by atoms with Crippen LogP contribution in [0.1, 0.15) is 6.92 Å². The topological polar surface area (TPSA) is 20.3 Å². The zero-order valence-electron chi connectivity index (χ0n) is 12.2. The van der Waals surface area contributed by atoms with Gasteiger partial charge in [-0.3, -0.25) is 4.79 Å². The van der Waals surface area contributed by atoms with Crippen molar-refractivity contribution in [1.29, 1.82) is 0 Å². The summed E-state index contributed by atoms with van der Waals surface area (Å²) >= 11 is 0. The zero-order valence-corrected chi connectivity index (χ0v) is 13.2. The van der Waals surface area contributed by atoms with Gasteiger partial charge in [-0.25, -0.2) is 22.0 Å². The fraction of sp³-hybridized carbons (Fsp3) is 0.462. The van der Waals surface area contributed by atoms with Crippen molar-refractivity contribution >= 4 is 19.7 Å². The molecule has 0 saturated heterocycles. The van der Waals surface area contributed by atoms with Gasteiger partial charge < -0.3 is 4.90 Å². The highest BCUT2D eigenvalue weighted by atomic mass is 28.3. The molecule has 2 nitrogen and oxygen atoms in total. The van der Waals surface area contributed by atoms with Gasteiger partial charge >= 0.3 is 0 Å². The number of benzene rings is 1. The monoisotopic (exact) mass is 325 g/mol. The van der Waals surface area contributed by atoms with Gasteiger partial charge in [0.1, 0.15) is 5.69 Å². The van der Waals surface area contributed by atoms with Crippen molar-refractivity contribution in [3.05, 3.63) is 29.1 Å². The molecular formula is C13H16F5NOSi. The lowest BCUT2D eigenvalue weighted by Gasteiger charge is -2.26. The summed E-state index contributed by atoms with van der Waals surface area (Å²) in [6.45, 7) is 6.81. The van der Waals surface area contributed by atoms with Gasteiger partial charge in [-0.2, -0.15) is 0 Å². The first-order chi connectivity index (χ1) is 9.47. The Hall–Kier alpha value is -1.44. The number of nitrogens with zero attached hydrogens (tertiary/aromatic N) is 1. The minimum absolute atomic E-state index is 0.0938. The Balaban J connectivity index is 3.36. The molecule has 0 fully saturated rings. The highest BCUT2D eigenvalue weighted by Gasteiger charge is 2.31. The van der Waals surface area contributed by atoms with E-state index in [1.54, 1.807) is 0 Å². The second-order valence-corrected chi connectivity index (χ2v) is 11.5. The molecular weight excluding hydrogens is 309 g/mol. The van der Waals surface area contributed by atoms with Gasteiger partial charge in [0, 0.05) is 21.5 Å². The van der Waals surface area contributed by atoms with Crippen LogP contribution < -0.4 is 4.90 Å². The van der Waals surface area contributed by atoms with Crippen LogP contribution in [0.2, 0.25) is 25.7 Å². The second kappa shape index (κ2) is 6.13. The summed E-state index contributed by atoms with van der Waals surface area (Å²) in [6, 6.07) is 0.464. The first-order valence-corrected chi connectivity index (χ1v) is 9.97. The van der Waals surface area contributed by atoms with E-state index in [0.29, 0.717) is 10.9 Å². The second-order valence-electron chi connectivity index (χ2n) is 5.90. The van der Waals surface area contributed by atoms with E-state index >= 15 is 0 Å². The third-order valence-electron chi connectivity index (χ3n) is 2.92. The number of halogens is 5. The molecule has 21 heavy (non-hydrogen) atoms. The average molecular weight is 325 g/mol. The quantitative estimate of drug-likeness (QED) is 0.354. The van der Waals surface area contributed by atoms with Crippen molar-refractivity contribution in [2.75, 3.05) is 11.4 Å². The van der Waals surface area contributed by atoms with Crippen LogP contribution in [0.25, 0.3) is 0 Å². The molecule has 0 N–H and O–H groups in total. The Morgan fingerprint density at radius 1 is 0.905 bits per heavy atom. The molecule has 0 bridgehead atoms. The Bertz CT molecular complexity index is 542. The molecule has 1 aromatic rings. The van der Waals surface area contributed by atoms with Crippen LogP contribution in [-0.4, -0.2) is 20.5 Å². The van der Waals surface area contributed by atoms with E-state index < -0.39 is 48.8 Å². The van der Waals surface area contributed by atoms with E-state index in [1.165, 1.54) is 0 Å². The Labute approximate surface area is 120 Å². The van der Waals surface area contributed by atoms with Crippen LogP contribution in [0, 0.1) is 29.1 Å². The molecule has 1 aromatic carbocycles. The standard InChI is InChI=1S/C13H16F5NOSi/c1-7(20)19(5-6-21(2,3)4)13-11(17)9(15)8(14)10(16)12(13)18/h5-6H2,1-4H3. The molecule has 0 spiro atoms. The Morgan fingerprint density at radius 2 is 1.29 bits per heavy atom. The maximum atomic E-state index is 13.7. The number of carbonyl (C=O) groups excluding carboxylic acids is 1. The van der Waals surface area contributed by atoms with Crippen LogP contribution in [-0.2, 0) is 4.79 Å². The van der Waals surface area contributed by atoms with Crippen molar-refractivity contribution in [2.24, 2.45) is 0 Å². The van der Waals surface area contributed by atoms with E-state index in [4.69, 9.17) is 0 Å². The largest absolute Gasteiger partial charge is 0.308 e. The molecule has 0 aliphatic carbocycles. The summed E-state index contributed by atoms with van der Waals surface area (Å²) in [5.74, 6) is -11.1. The number of hydrogen-bond donors (Lipinski definition) is 0. The smallest absolute Gasteiger partial charge is 0.224 e. The summed E-state index contributed by atoms with van der Waals surface area (Å²) in [7, 11) is -1.67. The average Bonchev–Trinajstić information content (AvgIpc) is 2.36. The van der Waals surface area contributed by atoms with Crippen molar-refractivity contribution in [3.63, 3.8) is 0 Å². The van der Waals surface area contributed by atoms with Gasteiger partial charge in [0.05, 0.1) is 0 Å². The fourth-order valence-corrected chi connectivity index (χ4v) is 2.60. The third kappa shape index (κ3) is 3.81. The molecule has 0 aromatic heterocycles. The van der Waals surface area contributed by atoms with Crippen molar-refractivity contribution in [2.45, 2.75) is 32.6 Å². The van der Waals surface area contributed by atoms with Crippen LogP contribution in [0.5, 0.6) is 0 Å². The van der Waals surface area contributed by atoms with Gasteiger partial charge in [0.25, 0.3) is 0 Å². The molecule has 0 aliphatic heterocycles. The molecule has 0 aliphatic rings. The van der Waals surface area contributed by atoms with E-state index in [9.17, 15) is 26.7 Å². The first kappa shape index (κ1) is 17.6. The van der Waals surface area contributed by atoms with E-state index in [-0.39, 0.29) is 6.54 Å². The van der Waals surface area contributed by atoms with Crippen molar-refractivity contribution in [3.8, 4) is 0 Å². The van der Waals surface area contributed by atoms with Crippen LogP contribution >= 0.6 is 0 Å². The van der Waals surface area contributed by atoms with E-state index in [2.05, 4.69) is 0 Å². The molecule has 0 unspecified atom stereocenters. The van der Waals surface area contributed by atoms with Gasteiger partial charge in [-0.05, 0) is 6.04 Å². The van der Waals surface area contributed by atoms with E-state index in [1.807, 2.05) is 19.6 Å². The first-order valence-electron chi connectivity index (χ1n) is 6.27. The maximum absolute atomic E-state index is 13.7. The Kier molecular flexibility index (Phi) is 5.14. The number of rotatable bonds is 4. The van der Waals surface area contributed by atoms with E-state index in [0.717, 1.165) is 6.92 Å². The van der Waals surface area contributed by atoms with Crippen LogP contribution in [0.4, 0.5) is 27.6 Å². The minimum atomic E-state index is -2.23. The fourth-order valence-electron chi connectivity index (χ4n) is 1.70. The van der Waals surface area contributed by atoms with Gasteiger partial charge in [0.2, 0.25) is 11.7 Å². The van der Waals surface area contributed by atoms with Crippen LogP contribution in [0.15, 0.2) is 0 Å². The normalized spacial score (nSPS) is 11.7. The highest BCUT2D eigenvalue weighted by Crippen LogP contribution is 2.31. The third-order valence-corrected chi connectivity index (χ3v) is 4.65. The number of amides is 1. The maximum Gasteiger partial charge on any atom is 0.224 e. The minimum Gasteiger partial charge on any atom is -0.308 e. The summed E-state index contributed by atoms with van der Waals surface area (Å²) in [5, 5.41) is 0. The number of anilines is 1. The predicted octanol–water partition coefficient (Wildman–Crippen LogP) is 4.07. The number of carbonyl (C=O) groups is 1. The zero-order chi connectivity index (χ0) is 16.5. The highest BCUT2D eigenvalue weighted by molar-refractivity contribution is 6.76. The molecule has 0 atom stereocenters. The molecule has 1 rings (SSSR count). The number of hydrogen-bond acceptors (Lipinski definition) is 1. The van der Waals surface area contributed by atoms with Gasteiger partial charge in [-0.1, -0.05) is 19.6 Å². The Morgan fingerprint density at radius 3 is 1.62 bits per heavy atom. The van der Waals surface area contributed by atoms with Crippen molar-refractivity contribution < 1.29 is 26.7 Å². The molecule has 1 amide bonds. The summed E-state index contributed by atoms with van der Waals surface area (Å²) in [5.41, 5.74) is -1.18. The summed E-state index contributed by atoms with van der Waals surface area (Å²) in [4.78, 5) is 12.1. The SMILES string of the molecule is CC(=O)N(CC[Si](C)(C)C)c1c(F)c(F)c(F)c(F)c1F.